The van der Waals surface area contributed by atoms with E-state index >= 15 is 0 Å². The Morgan fingerprint density at radius 2 is 2.20 bits per heavy atom. The summed E-state index contributed by atoms with van der Waals surface area (Å²) in [5.74, 6) is 2.39. The van der Waals surface area contributed by atoms with E-state index in [9.17, 15) is 4.79 Å². The molecule has 0 spiro atoms. The van der Waals surface area contributed by atoms with Crippen LogP contribution in [0.3, 0.4) is 0 Å². The van der Waals surface area contributed by atoms with Gasteiger partial charge in [-0.25, -0.2) is 4.98 Å². The molecule has 0 bridgehead atoms. The van der Waals surface area contributed by atoms with Crippen LogP contribution < -0.4 is 20.3 Å². The van der Waals surface area contributed by atoms with E-state index in [1.54, 1.807) is 24.3 Å². The van der Waals surface area contributed by atoms with Crippen molar-refractivity contribution in [3.63, 3.8) is 0 Å². The van der Waals surface area contributed by atoms with Crippen molar-refractivity contribution in [1.82, 2.24) is 15.3 Å². The van der Waals surface area contributed by atoms with E-state index in [1.165, 1.54) is 0 Å². The zero-order valence-corrected chi connectivity index (χ0v) is 17.4. The van der Waals surface area contributed by atoms with E-state index in [0.29, 0.717) is 49.6 Å². The SMILES string of the molecule is COCCNc1nccc(N(CC2CCNCC2)C(=O)c2ccc3c(c2)CCO3)n1. The van der Waals surface area contributed by atoms with Gasteiger partial charge in [-0.15, -0.1) is 0 Å². The number of nitrogens with one attached hydrogen (secondary N) is 2. The van der Waals surface area contributed by atoms with Crippen LogP contribution in [0.1, 0.15) is 28.8 Å². The lowest BCUT2D eigenvalue weighted by molar-refractivity contribution is 0.0980. The highest BCUT2D eigenvalue weighted by molar-refractivity contribution is 6.05. The summed E-state index contributed by atoms with van der Waals surface area (Å²) in [5, 5.41) is 6.54. The molecule has 160 valence electrons. The van der Waals surface area contributed by atoms with E-state index in [1.807, 2.05) is 18.2 Å². The molecule has 2 aromatic rings. The van der Waals surface area contributed by atoms with Gasteiger partial charge in [0.05, 0.1) is 13.2 Å². The molecule has 1 aromatic heterocycles. The summed E-state index contributed by atoms with van der Waals surface area (Å²) < 4.78 is 10.7. The van der Waals surface area contributed by atoms with Crippen molar-refractivity contribution in [3.8, 4) is 5.75 Å². The Labute approximate surface area is 177 Å². The van der Waals surface area contributed by atoms with Crippen molar-refractivity contribution in [3.05, 3.63) is 41.6 Å². The Morgan fingerprint density at radius 1 is 1.33 bits per heavy atom. The molecule has 8 nitrogen and oxygen atoms in total. The monoisotopic (exact) mass is 411 g/mol. The summed E-state index contributed by atoms with van der Waals surface area (Å²) >= 11 is 0. The number of fused-ring (bicyclic) bond motifs is 1. The van der Waals surface area contributed by atoms with Gasteiger partial charge in [-0.2, -0.15) is 4.98 Å². The highest BCUT2D eigenvalue weighted by atomic mass is 16.5. The van der Waals surface area contributed by atoms with Gasteiger partial charge in [-0.3, -0.25) is 9.69 Å². The molecule has 2 aliphatic rings. The van der Waals surface area contributed by atoms with Crippen LogP contribution in [0.2, 0.25) is 0 Å². The number of piperidine rings is 1. The van der Waals surface area contributed by atoms with Gasteiger partial charge in [0.1, 0.15) is 11.6 Å². The lowest BCUT2D eigenvalue weighted by Crippen LogP contribution is -2.40. The lowest BCUT2D eigenvalue weighted by Gasteiger charge is -2.30. The molecule has 2 aliphatic heterocycles. The third-order valence-electron chi connectivity index (χ3n) is 5.59. The summed E-state index contributed by atoms with van der Waals surface area (Å²) in [7, 11) is 1.65. The zero-order valence-electron chi connectivity index (χ0n) is 17.4. The zero-order chi connectivity index (χ0) is 20.8. The van der Waals surface area contributed by atoms with E-state index < -0.39 is 0 Å². The largest absolute Gasteiger partial charge is 0.493 e. The number of hydrogen-bond donors (Lipinski definition) is 2. The van der Waals surface area contributed by atoms with Crippen LogP contribution >= 0.6 is 0 Å². The van der Waals surface area contributed by atoms with Gasteiger partial charge in [0.15, 0.2) is 0 Å². The van der Waals surface area contributed by atoms with Crippen LogP contribution in [0.15, 0.2) is 30.5 Å². The smallest absolute Gasteiger partial charge is 0.259 e. The average Bonchev–Trinajstić information content (AvgIpc) is 3.26. The number of methoxy groups -OCH3 is 1. The number of aromatic nitrogens is 2. The number of nitrogens with zero attached hydrogens (tertiary/aromatic N) is 3. The molecule has 0 atom stereocenters. The number of hydrogen-bond acceptors (Lipinski definition) is 7. The van der Waals surface area contributed by atoms with E-state index in [4.69, 9.17) is 9.47 Å². The molecule has 1 amide bonds. The highest BCUT2D eigenvalue weighted by Gasteiger charge is 2.26. The second-order valence-electron chi connectivity index (χ2n) is 7.69. The lowest BCUT2D eigenvalue weighted by atomic mass is 9.97. The van der Waals surface area contributed by atoms with Crippen molar-refractivity contribution >= 4 is 17.7 Å². The topological polar surface area (TPSA) is 88.6 Å². The van der Waals surface area contributed by atoms with Gasteiger partial charge in [-0.05, 0) is 61.7 Å². The third kappa shape index (κ3) is 4.88. The maximum absolute atomic E-state index is 13.6. The summed E-state index contributed by atoms with van der Waals surface area (Å²) in [6.07, 6.45) is 4.63. The molecule has 2 N–H and O–H groups in total. The molecule has 30 heavy (non-hydrogen) atoms. The van der Waals surface area contributed by atoms with Crippen LogP contribution in [-0.2, 0) is 11.2 Å². The van der Waals surface area contributed by atoms with Crippen molar-refractivity contribution < 1.29 is 14.3 Å². The van der Waals surface area contributed by atoms with Gasteiger partial charge in [0.2, 0.25) is 5.95 Å². The number of anilines is 2. The molecule has 1 saturated heterocycles. The molecule has 1 aromatic carbocycles. The molecule has 0 saturated carbocycles. The molecular weight excluding hydrogens is 382 g/mol. The number of rotatable bonds is 8. The first-order valence-electron chi connectivity index (χ1n) is 10.6. The fraction of sp³-hybridized carbons (Fsp3) is 0.500. The van der Waals surface area contributed by atoms with Gasteiger partial charge >= 0.3 is 0 Å². The first-order chi connectivity index (χ1) is 14.7. The van der Waals surface area contributed by atoms with Crippen LogP contribution in [0.4, 0.5) is 11.8 Å². The second kappa shape index (κ2) is 9.86. The molecule has 3 heterocycles. The van der Waals surface area contributed by atoms with Crippen molar-refractivity contribution in [1.29, 1.82) is 0 Å². The fourth-order valence-electron chi connectivity index (χ4n) is 3.93. The standard InChI is InChI=1S/C22H29N5O3/c1-29-13-11-25-22-24-10-6-20(26-22)27(15-16-4-8-23-9-5-16)21(28)18-2-3-19-17(14-18)7-12-30-19/h2-3,6,10,14,16,23H,4-5,7-9,11-13,15H2,1H3,(H,24,25,26). The first kappa shape index (κ1) is 20.6. The van der Waals surface area contributed by atoms with Crippen LogP contribution in [0.5, 0.6) is 5.75 Å². The summed E-state index contributed by atoms with van der Waals surface area (Å²) in [4.78, 5) is 24.3. The first-order valence-corrected chi connectivity index (χ1v) is 10.6. The number of carbonyl (C=O) groups excluding carboxylic acids is 1. The van der Waals surface area contributed by atoms with Crippen LogP contribution in [-0.4, -0.2) is 62.4 Å². The Bertz CT molecular complexity index is 870. The molecular formula is C22H29N5O3. The molecule has 0 aliphatic carbocycles. The maximum atomic E-state index is 13.6. The predicted molar refractivity (Wildman–Crippen MR) is 115 cm³/mol. The molecule has 1 fully saturated rings. The number of benzene rings is 1. The number of amides is 1. The highest BCUT2D eigenvalue weighted by Crippen LogP contribution is 2.28. The minimum Gasteiger partial charge on any atom is -0.493 e. The Kier molecular flexibility index (Phi) is 6.76. The Morgan fingerprint density at radius 3 is 3.03 bits per heavy atom. The quantitative estimate of drug-likeness (QED) is 0.643. The fourth-order valence-corrected chi connectivity index (χ4v) is 3.93. The number of carbonyl (C=O) groups is 1. The second-order valence-corrected chi connectivity index (χ2v) is 7.69. The minimum atomic E-state index is -0.0372. The predicted octanol–water partition coefficient (Wildman–Crippen LogP) is 2.12. The van der Waals surface area contributed by atoms with Crippen LogP contribution in [0.25, 0.3) is 0 Å². The van der Waals surface area contributed by atoms with E-state index in [-0.39, 0.29) is 5.91 Å². The van der Waals surface area contributed by atoms with Crippen molar-refractivity contribution in [2.75, 3.05) is 56.7 Å². The average molecular weight is 412 g/mol. The van der Waals surface area contributed by atoms with E-state index in [2.05, 4.69) is 20.6 Å². The summed E-state index contributed by atoms with van der Waals surface area (Å²) in [5.41, 5.74) is 1.76. The van der Waals surface area contributed by atoms with Gasteiger partial charge in [0.25, 0.3) is 5.91 Å². The number of ether oxygens (including phenoxy) is 2. The summed E-state index contributed by atoms with van der Waals surface area (Å²) in [6.45, 7) is 4.44. The van der Waals surface area contributed by atoms with Crippen molar-refractivity contribution in [2.45, 2.75) is 19.3 Å². The van der Waals surface area contributed by atoms with Gasteiger partial charge in [0, 0.05) is 38.4 Å². The molecule has 0 unspecified atom stereocenters. The third-order valence-corrected chi connectivity index (χ3v) is 5.59. The van der Waals surface area contributed by atoms with Gasteiger partial charge < -0.3 is 20.1 Å². The maximum Gasteiger partial charge on any atom is 0.259 e. The Hall–Kier alpha value is -2.71. The molecule has 8 heteroatoms. The molecule has 0 radical (unpaired) electrons. The Balaban J connectivity index is 1.59. The van der Waals surface area contributed by atoms with E-state index in [0.717, 1.165) is 43.7 Å². The molecule has 4 rings (SSSR count). The van der Waals surface area contributed by atoms with Crippen molar-refractivity contribution in [2.24, 2.45) is 5.92 Å². The summed E-state index contributed by atoms with van der Waals surface area (Å²) in [6, 6.07) is 7.51. The van der Waals surface area contributed by atoms with Gasteiger partial charge in [-0.1, -0.05) is 0 Å². The minimum absolute atomic E-state index is 0.0372. The normalized spacial score (nSPS) is 16.0. The van der Waals surface area contributed by atoms with Crippen LogP contribution in [0, 0.1) is 5.92 Å².